The van der Waals surface area contributed by atoms with E-state index in [0.29, 0.717) is 30.3 Å². The molecule has 3 heteroatoms. The van der Waals surface area contributed by atoms with E-state index in [0.717, 1.165) is 18.4 Å². The number of hydrogen-bond donors (Lipinski definition) is 2. The van der Waals surface area contributed by atoms with Crippen molar-refractivity contribution in [3.05, 3.63) is 59.2 Å². The van der Waals surface area contributed by atoms with Crippen LogP contribution in [-0.4, -0.2) is 45.9 Å². The molecule has 3 nitrogen and oxygen atoms in total. The molecule has 0 bridgehead atoms. The first-order valence-electron chi connectivity index (χ1n) is 13.3. The first-order valence-corrected chi connectivity index (χ1v) is 13.3. The van der Waals surface area contributed by atoms with Crippen molar-refractivity contribution in [2.24, 2.45) is 17.8 Å². The zero-order valence-corrected chi connectivity index (χ0v) is 21.6. The van der Waals surface area contributed by atoms with Crippen LogP contribution in [0.15, 0.2) is 48.1 Å². The van der Waals surface area contributed by atoms with Crippen LogP contribution in [0.3, 0.4) is 0 Å². The molecular weight excluding hydrogens is 406 g/mol. The Balaban J connectivity index is 1.43. The third kappa shape index (κ3) is 7.53. The predicted molar refractivity (Wildman–Crippen MR) is 139 cm³/mol. The van der Waals surface area contributed by atoms with Crippen molar-refractivity contribution in [3.63, 3.8) is 0 Å². The fraction of sp³-hybridized carbons (Fsp3) is 0.667. The minimum Gasteiger partial charge on any atom is -0.392 e. The van der Waals surface area contributed by atoms with Gasteiger partial charge in [-0.2, -0.15) is 0 Å². The third-order valence-corrected chi connectivity index (χ3v) is 7.77. The van der Waals surface area contributed by atoms with Crippen molar-refractivity contribution < 1.29 is 10.2 Å². The number of aryl methyl sites for hydroxylation is 1. The topological polar surface area (TPSA) is 43.7 Å². The standard InChI is InChI=1S/C30H47NO2/c1-21(2)31(22(3)4)15-8-6-7-11-25-17-26-20-30(33)28(29(26)19-25)14-13-27(32)18-24-12-9-10-23(5)16-24/h9-10,12-14,16-17,21-22,26-30,32-33H,6-8,11,15,18-20H2,1-5H3/b14-13+/t26-,27+,28+,29-,30+/m0/s1. The van der Waals surface area contributed by atoms with E-state index in [9.17, 15) is 10.2 Å². The predicted octanol–water partition coefficient (Wildman–Crippen LogP) is 6.08. The van der Waals surface area contributed by atoms with Gasteiger partial charge in [-0.25, -0.2) is 0 Å². The first-order chi connectivity index (χ1) is 15.7. The molecule has 0 saturated heterocycles. The number of benzene rings is 1. The molecule has 184 valence electrons. The van der Waals surface area contributed by atoms with Crippen LogP contribution in [0.2, 0.25) is 0 Å². The Morgan fingerprint density at radius 2 is 1.85 bits per heavy atom. The van der Waals surface area contributed by atoms with Gasteiger partial charge in [-0.3, -0.25) is 4.90 Å². The van der Waals surface area contributed by atoms with Gasteiger partial charge in [0.05, 0.1) is 12.2 Å². The summed E-state index contributed by atoms with van der Waals surface area (Å²) in [5.74, 6) is 1.19. The second-order valence-corrected chi connectivity index (χ2v) is 11.1. The monoisotopic (exact) mass is 453 g/mol. The van der Waals surface area contributed by atoms with Crippen LogP contribution in [0.1, 0.15) is 77.3 Å². The maximum atomic E-state index is 10.6. The minimum absolute atomic E-state index is 0.168. The summed E-state index contributed by atoms with van der Waals surface area (Å²) in [4.78, 5) is 2.59. The highest BCUT2D eigenvalue weighted by atomic mass is 16.3. The Labute approximate surface area is 202 Å². The van der Waals surface area contributed by atoms with Crippen LogP contribution in [-0.2, 0) is 6.42 Å². The lowest BCUT2D eigenvalue weighted by Gasteiger charge is -2.30. The van der Waals surface area contributed by atoms with E-state index in [2.05, 4.69) is 69.9 Å². The molecule has 5 atom stereocenters. The quantitative estimate of drug-likeness (QED) is 0.298. The van der Waals surface area contributed by atoms with Crippen molar-refractivity contribution in [2.45, 2.75) is 104 Å². The van der Waals surface area contributed by atoms with Crippen molar-refractivity contribution in [1.29, 1.82) is 0 Å². The molecule has 0 aliphatic heterocycles. The van der Waals surface area contributed by atoms with Crippen molar-refractivity contribution >= 4 is 0 Å². The summed E-state index contributed by atoms with van der Waals surface area (Å²) in [6, 6.07) is 9.57. The van der Waals surface area contributed by atoms with E-state index in [1.807, 2.05) is 12.1 Å². The van der Waals surface area contributed by atoms with Crippen LogP contribution in [0.4, 0.5) is 0 Å². The van der Waals surface area contributed by atoms with E-state index in [1.54, 1.807) is 5.57 Å². The molecule has 1 saturated carbocycles. The summed E-state index contributed by atoms with van der Waals surface area (Å²) in [6.45, 7) is 12.5. The van der Waals surface area contributed by atoms with Crippen molar-refractivity contribution in [2.75, 3.05) is 6.54 Å². The van der Waals surface area contributed by atoms with Gasteiger partial charge >= 0.3 is 0 Å². The smallest absolute Gasteiger partial charge is 0.0761 e. The summed E-state index contributed by atoms with van der Waals surface area (Å²) in [5, 5.41) is 21.2. The molecule has 0 unspecified atom stereocenters. The molecule has 0 amide bonds. The van der Waals surface area contributed by atoms with E-state index in [1.165, 1.54) is 37.8 Å². The minimum atomic E-state index is -0.497. The van der Waals surface area contributed by atoms with Gasteiger partial charge in [0.15, 0.2) is 0 Å². The molecule has 0 heterocycles. The van der Waals surface area contributed by atoms with Gasteiger partial charge in [0.2, 0.25) is 0 Å². The van der Waals surface area contributed by atoms with E-state index in [4.69, 9.17) is 0 Å². The largest absolute Gasteiger partial charge is 0.392 e. The van der Waals surface area contributed by atoms with Crippen LogP contribution in [0.25, 0.3) is 0 Å². The zero-order valence-electron chi connectivity index (χ0n) is 21.6. The fourth-order valence-corrected chi connectivity index (χ4v) is 6.13. The molecule has 0 spiro atoms. The van der Waals surface area contributed by atoms with E-state index in [-0.39, 0.29) is 12.0 Å². The number of unbranched alkanes of at least 4 members (excludes halogenated alkanes) is 2. The molecule has 0 radical (unpaired) electrons. The number of aliphatic hydroxyl groups excluding tert-OH is 2. The van der Waals surface area contributed by atoms with Gasteiger partial charge in [-0.15, -0.1) is 0 Å². The number of aliphatic hydroxyl groups is 2. The average Bonchev–Trinajstić information content (AvgIpc) is 3.24. The molecule has 1 aromatic carbocycles. The number of hydrogen-bond acceptors (Lipinski definition) is 3. The lowest BCUT2D eigenvalue weighted by Crippen LogP contribution is -2.37. The van der Waals surface area contributed by atoms with Gasteiger partial charge in [-0.05, 0) is 90.7 Å². The lowest BCUT2D eigenvalue weighted by atomic mass is 9.88. The molecule has 2 aliphatic rings. The first kappa shape index (κ1) is 26.2. The summed E-state index contributed by atoms with van der Waals surface area (Å²) < 4.78 is 0. The van der Waals surface area contributed by atoms with Gasteiger partial charge in [0.1, 0.15) is 0 Å². The number of allylic oxidation sites excluding steroid dienone is 2. The summed E-state index contributed by atoms with van der Waals surface area (Å²) in [7, 11) is 0. The van der Waals surface area contributed by atoms with E-state index < -0.39 is 6.10 Å². The molecule has 2 aliphatic carbocycles. The Hall–Kier alpha value is -1.42. The molecule has 0 aromatic heterocycles. The highest BCUT2D eigenvalue weighted by Gasteiger charge is 2.43. The molecule has 1 aromatic rings. The average molecular weight is 454 g/mol. The summed E-state index contributed by atoms with van der Waals surface area (Å²) in [5.41, 5.74) is 3.98. The molecular formula is C30H47NO2. The Morgan fingerprint density at radius 1 is 1.09 bits per heavy atom. The molecule has 33 heavy (non-hydrogen) atoms. The third-order valence-electron chi connectivity index (χ3n) is 7.77. The maximum Gasteiger partial charge on any atom is 0.0761 e. The Morgan fingerprint density at radius 3 is 2.55 bits per heavy atom. The zero-order chi connectivity index (χ0) is 24.0. The molecule has 1 fully saturated rings. The lowest BCUT2D eigenvalue weighted by molar-refractivity contribution is 0.140. The Kier molecular flexibility index (Phi) is 9.79. The number of nitrogens with zero attached hydrogens (tertiary/aromatic N) is 1. The number of fused-ring (bicyclic) bond motifs is 1. The van der Waals surface area contributed by atoms with Crippen LogP contribution < -0.4 is 0 Å². The second-order valence-electron chi connectivity index (χ2n) is 11.1. The highest BCUT2D eigenvalue weighted by molar-refractivity contribution is 5.24. The van der Waals surface area contributed by atoms with Crippen LogP contribution in [0.5, 0.6) is 0 Å². The van der Waals surface area contributed by atoms with E-state index >= 15 is 0 Å². The number of rotatable bonds is 12. The Bertz CT molecular complexity index is 788. The van der Waals surface area contributed by atoms with Gasteiger partial charge < -0.3 is 10.2 Å². The van der Waals surface area contributed by atoms with Gasteiger partial charge in [-0.1, -0.05) is 60.1 Å². The molecule has 2 N–H and O–H groups in total. The summed E-state index contributed by atoms with van der Waals surface area (Å²) in [6.07, 6.45) is 13.4. The maximum absolute atomic E-state index is 10.6. The normalized spacial score (nSPS) is 26.1. The van der Waals surface area contributed by atoms with Crippen molar-refractivity contribution in [3.8, 4) is 0 Å². The van der Waals surface area contributed by atoms with Crippen LogP contribution >= 0.6 is 0 Å². The van der Waals surface area contributed by atoms with Crippen molar-refractivity contribution in [1.82, 2.24) is 4.90 Å². The molecule has 3 rings (SSSR count). The van der Waals surface area contributed by atoms with Crippen LogP contribution in [0, 0.1) is 24.7 Å². The van der Waals surface area contributed by atoms with Gasteiger partial charge in [0, 0.05) is 24.4 Å². The SMILES string of the molecule is Cc1cccc(C[C@H](O)/C=C/[C@@H]2[C@H]3CC(CCCCCN(C(C)C)C(C)C)=C[C@H]3C[C@H]2O)c1. The summed E-state index contributed by atoms with van der Waals surface area (Å²) >= 11 is 0. The highest BCUT2D eigenvalue weighted by Crippen LogP contribution is 2.48. The second kappa shape index (κ2) is 12.3. The fourth-order valence-electron chi connectivity index (χ4n) is 6.13. The van der Waals surface area contributed by atoms with Gasteiger partial charge in [0.25, 0.3) is 0 Å².